The van der Waals surface area contributed by atoms with E-state index in [9.17, 15) is 4.79 Å². The molecule has 1 aromatic carbocycles. The molecule has 0 bridgehead atoms. The second-order valence-corrected chi connectivity index (χ2v) is 13.2. The number of carbonyl (C=O) groups is 1. The van der Waals surface area contributed by atoms with E-state index in [0.29, 0.717) is 0 Å². The molecule has 0 unspecified atom stereocenters. The molecular weight excluding hydrogens is 318 g/mol. The Morgan fingerprint density at radius 1 is 1.25 bits per heavy atom. The van der Waals surface area contributed by atoms with E-state index in [1.165, 1.54) is 0 Å². The maximum atomic E-state index is 12.3. The van der Waals surface area contributed by atoms with Crippen molar-refractivity contribution in [2.45, 2.75) is 70.1 Å². The van der Waals surface area contributed by atoms with E-state index in [1.807, 2.05) is 18.2 Å². The van der Waals surface area contributed by atoms with Crippen molar-refractivity contribution in [1.82, 2.24) is 4.90 Å². The minimum Gasteiger partial charge on any atom is -0.442 e. The maximum absolute atomic E-state index is 12.3. The molecule has 5 heteroatoms. The van der Waals surface area contributed by atoms with Gasteiger partial charge in [-0.1, -0.05) is 51.1 Å². The zero-order chi connectivity index (χ0) is 17.5. The van der Waals surface area contributed by atoms with Gasteiger partial charge in [-0.15, -0.1) is 0 Å². The van der Waals surface area contributed by atoms with Crippen LogP contribution >= 0.6 is 0 Å². The van der Waals surface area contributed by atoms with Crippen molar-refractivity contribution in [3.63, 3.8) is 0 Å². The van der Waals surface area contributed by atoms with Crippen molar-refractivity contribution in [3.8, 4) is 0 Å². The Morgan fingerprint density at radius 2 is 1.92 bits per heavy atom. The Balaban J connectivity index is 1.93. The molecule has 2 aliphatic rings. The summed E-state index contributed by atoms with van der Waals surface area (Å²) in [6.45, 7) is 12.1. The molecule has 0 spiro atoms. The lowest BCUT2D eigenvalue weighted by Gasteiger charge is -2.41. The first-order valence-corrected chi connectivity index (χ1v) is 11.8. The summed E-state index contributed by atoms with van der Waals surface area (Å²) in [5.74, 6) is -0.0859. The lowest BCUT2D eigenvalue weighted by molar-refractivity contribution is -0.148. The molecule has 3 atom stereocenters. The molecule has 1 aromatic rings. The van der Waals surface area contributed by atoms with Gasteiger partial charge in [-0.2, -0.15) is 0 Å². The molecule has 0 amide bonds. The van der Waals surface area contributed by atoms with Gasteiger partial charge in [0.05, 0.1) is 0 Å². The highest BCUT2D eigenvalue weighted by atomic mass is 28.4. The number of rotatable bonds is 4. The summed E-state index contributed by atoms with van der Waals surface area (Å²) in [5, 5.41) is 0.104. The number of benzene rings is 1. The van der Waals surface area contributed by atoms with Crippen LogP contribution in [0, 0.1) is 0 Å². The molecular formula is C19H29NO3Si. The number of hydrogen-bond acceptors (Lipinski definition) is 4. The van der Waals surface area contributed by atoms with Crippen LogP contribution < -0.4 is 0 Å². The van der Waals surface area contributed by atoms with E-state index in [1.54, 1.807) is 0 Å². The van der Waals surface area contributed by atoms with Crippen LogP contribution in [0.2, 0.25) is 18.1 Å². The Hall–Kier alpha value is -1.17. The first kappa shape index (κ1) is 17.6. The van der Waals surface area contributed by atoms with Crippen LogP contribution in [0.5, 0.6) is 0 Å². The molecule has 2 heterocycles. The summed E-state index contributed by atoms with van der Waals surface area (Å²) in [6, 6.07) is 10.1. The SMILES string of the molecule is CC(C)(C)[Si](C)(C)O[C@@H](c1ccccc1)[C@H]1OC(=O)[C@@H]2CCCN12. The highest BCUT2D eigenvalue weighted by Gasteiger charge is 2.51. The van der Waals surface area contributed by atoms with Crippen molar-refractivity contribution in [1.29, 1.82) is 0 Å². The first-order valence-electron chi connectivity index (χ1n) is 8.90. The second kappa shape index (κ2) is 6.28. The number of ether oxygens (including phenoxy) is 1. The van der Waals surface area contributed by atoms with Gasteiger partial charge in [0.2, 0.25) is 0 Å². The van der Waals surface area contributed by atoms with Crippen LogP contribution in [0.3, 0.4) is 0 Å². The van der Waals surface area contributed by atoms with Gasteiger partial charge in [-0.25, -0.2) is 0 Å². The highest BCUT2D eigenvalue weighted by molar-refractivity contribution is 6.74. The third kappa shape index (κ3) is 3.17. The molecule has 4 nitrogen and oxygen atoms in total. The monoisotopic (exact) mass is 347 g/mol. The summed E-state index contributed by atoms with van der Waals surface area (Å²) < 4.78 is 12.5. The van der Waals surface area contributed by atoms with Crippen molar-refractivity contribution >= 4 is 14.3 Å². The number of carbonyl (C=O) groups excluding carboxylic acids is 1. The van der Waals surface area contributed by atoms with Gasteiger partial charge in [0.1, 0.15) is 12.1 Å². The van der Waals surface area contributed by atoms with Gasteiger partial charge in [0, 0.05) is 6.54 Å². The molecule has 0 N–H and O–H groups in total. The number of hydrogen-bond donors (Lipinski definition) is 0. The smallest absolute Gasteiger partial charge is 0.325 e. The molecule has 2 saturated heterocycles. The predicted molar refractivity (Wildman–Crippen MR) is 97.1 cm³/mol. The van der Waals surface area contributed by atoms with Gasteiger partial charge in [-0.05, 0) is 36.5 Å². The number of nitrogens with zero attached hydrogens (tertiary/aromatic N) is 1. The molecule has 0 radical (unpaired) electrons. The molecule has 3 rings (SSSR count). The van der Waals surface area contributed by atoms with Crippen molar-refractivity contribution in [3.05, 3.63) is 35.9 Å². The Morgan fingerprint density at radius 3 is 2.54 bits per heavy atom. The second-order valence-electron chi connectivity index (χ2n) is 8.43. The lowest BCUT2D eigenvalue weighted by atomic mass is 10.1. The third-order valence-electron chi connectivity index (χ3n) is 5.74. The van der Waals surface area contributed by atoms with E-state index < -0.39 is 8.32 Å². The molecule has 2 aliphatic heterocycles. The van der Waals surface area contributed by atoms with Crippen LogP contribution in [0.1, 0.15) is 45.3 Å². The van der Waals surface area contributed by atoms with E-state index >= 15 is 0 Å². The Bertz CT molecular complexity index is 596. The fourth-order valence-electron chi connectivity index (χ4n) is 3.28. The predicted octanol–water partition coefficient (Wildman–Crippen LogP) is 4.10. The van der Waals surface area contributed by atoms with E-state index in [0.717, 1.165) is 24.9 Å². The molecule has 132 valence electrons. The van der Waals surface area contributed by atoms with E-state index in [4.69, 9.17) is 9.16 Å². The molecule has 2 fully saturated rings. The van der Waals surface area contributed by atoms with Crippen LogP contribution in [0.15, 0.2) is 30.3 Å². The number of esters is 1. The molecule has 0 aromatic heterocycles. The van der Waals surface area contributed by atoms with Crippen molar-refractivity contribution in [2.75, 3.05) is 6.54 Å². The zero-order valence-electron chi connectivity index (χ0n) is 15.4. The Labute approximate surface area is 146 Å². The summed E-state index contributed by atoms with van der Waals surface area (Å²) >= 11 is 0. The lowest BCUT2D eigenvalue weighted by Crippen LogP contribution is -2.47. The van der Waals surface area contributed by atoms with Gasteiger partial charge in [0.25, 0.3) is 0 Å². The van der Waals surface area contributed by atoms with Crippen LogP contribution in [-0.2, 0) is 14.0 Å². The van der Waals surface area contributed by atoms with Gasteiger partial charge in [-0.3, -0.25) is 9.69 Å². The fourth-order valence-corrected chi connectivity index (χ4v) is 4.52. The van der Waals surface area contributed by atoms with Crippen molar-refractivity contribution in [2.24, 2.45) is 0 Å². The van der Waals surface area contributed by atoms with Gasteiger partial charge < -0.3 is 9.16 Å². The highest BCUT2D eigenvalue weighted by Crippen LogP contribution is 2.43. The normalized spacial score (nSPS) is 26.3. The summed E-state index contributed by atoms with van der Waals surface area (Å²) in [6.07, 6.45) is 1.43. The molecule has 0 saturated carbocycles. The topological polar surface area (TPSA) is 38.8 Å². The largest absolute Gasteiger partial charge is 0.442 e. The molecule has 24 heavy (non-hydrogen) atoms. The van der Waals surface area contributed by atoms with Crippen molar-refractivity contribution < 1.29 is 14.0 Å². The molecule has 0 aliphatic carbocycles. The number of cyclic esters (lactones) is 1. The third-order valence-corrected chi connectivity index (χ3v) is 10.2. The van der Waals surface area contributed by atoms with E-state index in [-0.39, 0.29) is 29.4 Å². The quantitative estimate of drug-likeness (QED) is 0.607. The fraction of sp³-hybridized carbons (Fsp3) is 0.632. The van der Waals surface area contributed by atoms with Gasteiger partial charge >= 0.3 is 5.97 Å². The standard InChI is InChI=1S/C19H29NO3Si/c1-19(2,3)24(4,5)23-16(14-10-7-6-8-11-14)17-20-13-9-12-15(20)18(21)22-17/h6-8,10-11,15-17H,9,12-13H2,1-5H3/t15-,16-,17+/m0/s1. The van der Waals surface area contributed by atoms with Gasteiger partial charge in [0.15, 0.2) is 14.5 Å². The minimum atomic E-state index is -2.00. The Kier molecular flexibility index (Phi) is 4.62. The summed E-state index contributed by atoms with van der Waals surface area (Å²) in [4.78, 5) is 14.5. The maximum Gasteiger partial charge on any atom is 0.325 e. The summed E-state index contributed by atoms with van der Waals surface area (Å²) in [7, 11) is -2.00. The minimum absolute atomic E-state index is 0.0794. The first-order chi connectivity index (χ1) is 11.2. The van der Waals surface area contributed by atoms with Crippen LogP contribution in [0.4, 0.5) is 0 Å². The zero-order valence-corrected chi connectivity index (χ0v) is 16.4. The summed E-state index contributed by atoms with van der Waals surface area (Å²) in [5.41, 5.74) is 1.09. The average Bonchev–Trinajstić information content (AvgIpc) is 3.09. The van der Waals surface area contributed by atoms with Crippen LogP contribution in [0.25, 0.3) is 0 Å². The van der Waals surface area contributed by atoms with Crippen LogP contribution in [-0.4, -0.2) is 38.0 Å². The van der Waals surface area contributed by atoms with E-state index in [2.05, 4.69) is 50.9 Å². The average molecular weight is 348 g/mol. The number of fused-ring (bicyclic) bond motifs is 1.